The Labute approximate surface area is 172 Å². The summed E-state index contributed by atoms with van der Waals surface area (Å²) in [4.78, 5) is 22.2. The van der Waals surface area contributed by atoms with Gasteiger partial charge in [0.05, 0.1) is 10.5 Å². The van der Waals surface area contributed by atoms with Crippen LogP contribution < -0.4 is 5.32 Å². The molecule has 0 radical (unpaired) electrons. The number of amides is 1. The number of halogens is 1. The number of rotatable bonds is 5. The van der Waals surface area contributed by atoms with E-state index < -0.39 is 15.7 Å². The molecule has 0 aliphatic heterocycles. The van der Waals surface area contributed by atoms with Crippen LogP contribution in [0.4, 0.5) is 5.69 Å². The van der Waals surface area contributed by atoms with Gasteiger partial charge in [-0.2, -0.15) is 0 Å². The number of carbonyl (C=O) groups is 1. The van der Waals surface area contributed by atoms with E-state index in [1.165, 1.54) is 18.2 Å². The maximum Gasteiger partial charge on any atom is 0.257 e. The molecule has 0 fully saturated rings. The lowest BCUT2D eigenvalue weighted by Gasteiger charge is -2.07. The standard InChI is InChI=1S/C18H17ClN4O3S2/c1-11-4-12(10-23(11)18-20-8-15(27-2)9-21-18)17(24)22-14-5-13(19)6-16(7-14)28(3,25)26/h4-10H,1-3H3,(H,22,24). The summed E-state index contributed by atoms with van der Waals surface area (Å²) in [6.07, 6.45) is 8.07. The van der Waals surface area contributed by atoms with E-state index in [-0.39, 0.29) is 9.92 Å². The molecular formula is C18H17ClN4O3S2. The van der Waals surface area contributed by atoms with Crippen LogP contribution in [-0.2, 0) is 9.84 Å². The van der Waals surface area contributed by atoms with Crippen LogP contribution in [0, 0.1) is 6.92 Å². The smallest absolute Gasteiger partial charge is 0.257 e. The van der Waals surface area contributed by atoms with Gasteiger partial charge in [0.25, 0.3) is 5.91 Å². The molecule has 1 N–H and O–H groups in total. The van der Waals surface area contributed by atoms with E-state index >= 15 is 0 Å². The first kappa shape index (κ1) is 20.4. The maximum atomic E-state index is 12.6. The minimum absolute atomic E-state index is 0.0336. The van der Waals surface area contributed by atoms with Crippen molar-refractivity contribution in [3.63, 3.8) is 0 Å². The van der Waals surface area contributed by atoms with Crippen molar-refractivity contribution in [2.45, 2.75) is 16.7 Å². The van der Waals surface area contributed by atoms with Gasteiger partial charge in [-0.15, -0.1) is 11.8 Å². The summed E-state index contributed by atoms with van der Waals surface area (Å²) in [5, 5.41) is 2.89. The van der Waals surface area contributed by atoms with Gasteiger partial charge in [0.2, 0.25) is 5.95 Å². The van der Waals surface area contributed by atoms with Crippen LogP contribution in [0.1, 0.15) is 16.1 Å². The van der Waals surface area contributed by atoms with E-state index in [1.807, 2.05) is 13.2 Å². The fourth-order valence-corrected chi connectivity index (χ4v) is 3.80. The van der Waals surface area contributed by atoms with Crippen molar-refractivity contribution >= 4 is 44.8 Å². The number of benzene rings is 1. The fraction of sp³-hybridized carbons (Fsp3) is 0.167. The zero-order chi connectivity index (χ0) is 20.5. The number of sulfone groups is 1. The van der Waals surface area contributed by atoms with Crippen LogP contribution in [0.3, 0.4) is 0 Å². The second kappa shape index (κ2) is 7.94. The van der Waals surface area contributed by atoms with Crippen LogP contribution in [0.2, 0.25) is 5.02 Å². The molecule has 0 spiro atoms. The third-order valence-corrected chi connectivity index (χ3v) is 5.89. The molecule has 0 saturated heterocycles. The molecule has 7 nitrogen and oxygen atoms in total. The first-order chi connectivity index (χ1) is 13.2. The number of aryl methyl sites for hydroxylation is 1. The molecule has 2 heterocycles. The molecule has 0 aliphatic rings. The Kier molecular flexibility index (Phi) is 5.78. The number of anilines is 1. The van der Waals surface area contributed by atoms with Gasteiger partial charge < -0.3 is 5.32 Å². The highest BCUT2D eigenvalue weighted by Gasteiger charge is 2.15. The zero-order valence-electron chi connectivity index (χ0n) is 15.3. The Bertz CT molecular complexity index is 1140. The largest absolute Gasteiger partial charge is 0.322 e. The molecule has 2 aromatic heterocycles. The normalized spacial score (nSPS) is 11.4. The van der Waals surface area contributed by atoms with Gasteiger partial charge in [0, 0.05) is 46.1 Å². The quantitative estimate of drug-likeness (QED) is 0.614. The Morgan fingerprint density at radius 2 is 1.86 bits per heavy atom. The number of nitrogens with one attached hydrogen (secondary N) is 1. The SMILES string of the molecule is CSc1cnc(-n2cc(C(=O)Nc3cc(Cl)cc(S(C)(=O)=O)c3)cc2C)nc1. The maximum absolute atomic E-state index is 12.6. The molecule has 0 atom stereocenters. The van der Waals surface area contributed by atoms with Gasteiger partial charge >= 0.3 is 0 Å². The van der Waals surface area contributed by atoms with Crippen molar-refractivity contribution in [2.24, 2.45) is 0 Å². The Morgan fingerprint density at radius 1 is 1.18 bits per heavy atom. The zero-order valence-corrected chi connectivity index (χ0v) is 17.7. The van der Waals surface area contributed by atoms with Crippen molar-refractivity contribution < 1.29 is 13.2 Å². The van der Waals surface area contributed by atoms with Crippen LogP contribution in [0.25, 0.3) is 5.95 Å². The average molecular weight is 437 g/mol. The number of aromatic nitrogens is 3. The van der Waals surface area contributed by atoms with Crippen LogP contribution in [0.5, 0.6) is 0 Å². The average Bonchev–Trinajstić information content (AvgIpc) is 3.02. The van der Waals surface area contributed by atoms with E-state index in [4.69, 9.17) is 11.6 Å². The predicted octanol–water partition coefficient (Wildman–Crippen LogP) is 3.61. The van der Waals surface area contributed by atoms with Crippen LogP contribution >= 0.6 is 23.4 Å². The summed E-state index contributed by atoms with van der Waals surface area (Å²) in [5.41, 5.74) is 1.46. The molecule has 1 aromatic carbocycles. The lowest BCUT2D eigenvalue weighted by Crippen LogP contribution is -2.12. The van der Waals surface area contributed by atoms with Crippen molar-refractivity contribution in [3.05, 3.63) is 59.1 Å². The third-order valence-electron chi connectivity index (χ3n) is 3.90. The molecule has 3 aromatic rings. The number of hydrogen-bond donors (Lipinski definition) is 1. The summed E-state index contributed by atoms with van der Waals surface area (Å²) in [7, 11) is -3.45. The summed E-state index contributed by atoms with van der Waals surface area (Å²) in [5.74, 6) is 0.0563. The van der Waals surface area contributed by atoms with Crippen molar-refractivity contribution in [3.8, 4) is 5.95 Å². The van der Waals surface area contributed by atoms with Crippen LogP contribution in [0.15, 0.2) is 52.6 Å². The second-order valence-corrected chi connectivity index (χ2v) is 9.40. The summed E-state index contributed by atoms with van der Waals surface area (Å²) in [6.45, 7) is 1.84. The van der Waals surface area contributed by atoms with Crippen molar-refractivity contribution in [1.82, 2.24) is 14.5 Å². The molecular weight excluding hydrogens is 420 g/mol. The molecule has 0 bridgehead atoms. The van der Waals surface area contributed by atoms with Crippen molar-refractivity contribution in [2.75, 3.05) is 17.8 Å². The highest BCUT2D eigenvalue weighted by molar-refractivity contribution is 7.98. The molecule has 146 valence electrons. The minimum atomic E-state index is -3.45. The summed E-state index contributed by atoms with van der Waals surface area (Å²) >= 11 is 7.52. The topological polar surface area (TPSA) is 94.0 Å². The van der Waals surface area contributed by atoms with Crippen LogP contribution in [-0.4, -0.2) is 41.4 Å². The minimum Gasteiger partial charge on any atom is -0.322 e. The molecule has 0 aliphatic carbocycles. The van der Waals surface area contributed by atoms with Gasteiger partial charge in [0.1, 0.15) is 0 Å². The van der Waals surface area contributed by atoms with Crippen molar-refractivity contribution in [1.29, 1.82) is 0 Å². The molecule has 1 amide bonds. The highest BCUT2D eigenvalue weighted by atomic mass is 35.5. The molecule has 0 unspecified atom stereocenters. The third kappa shape index (κ3) is 4.54. The molecule has 3 rings (SSSR count). The highest BCUT2D eigenvalue weighted by Crippen LogP contribution is 2.23. The Morgan fingerprint density at radius 3 is 2.46 bits per heavy atom. The van der Waals surface area contributed by atoms with E-state index in [9.17, 15) is 13.2 Å². The first-order valence-electron chi connectivity index (χ1n) is 8.05. The van der Waals surface area contributed by atoms with Gasteiger partial charge in [-0.3, -0.25) is 9.36 Å². The summed E-state index contributed by atoms with van der Waals surface area (Å²) < 4.78 is 25.2. The molecule has 0 saturated carbocycles. The number of carbonyl (C=O) groups excluding carboxylic acids is 1. The lowest BCUT2D eigenvalue weighted by atomic mass is 10.2. The Balaban J connectivity index is 1.87. The van der Waals surface area contributed by atoms with E-state index in [0.717, 1.165) is 16.8 Å². The predicted molar refractivity (Wildman–Crippen MR) is 110 cm³/mol. The number of hydrogen-bond acceptors (Lipinski definition) is 6. The second-order valence-electron chi connectivity index (χ2n) is 6.06. The Hall–Kier alpha value is -2.36. The monoisotopic (exact) mass is 436 g/mol. The number of thioether (sulfide) groups is 1. The van der Waals surface area contributed by atoms with E-state index in [1.54, 1.807) is 41.0 Å². The number of nitrogens with zero attached hydrogens (tertiary/aromatic N) is 3. The lowest BCUT2D eigenvalue weighted by molar-refractivity contribution is 0.102. The van der Waals surface area contributed by atoms with E-state index in [0.29, 0.717) is 17.2 Å². The molecule has 28 heavy (non-hydrogen) atoms. The van der Waals surface area contributed by atoms with Gasteiger partial charge in [-0.1, -0.05) is 11.6 Å². The molecule has 10 heteroatoms. The van der Waals surface area contributed by atoms with Gasteiger partial charge in [-0.25, -0.2) is 18.4 Å². The van der Waals surface area contributed by atoms with E-state index in [2.05, 4.69) is 15.3 Å². The van der Waals surface area contributed by atoms with Gasteiger partial charge in [-0.05, 0) is 37.4 Å². The first-order valence-corrected chi connectivity index (χ1v) is 11.5. The summed E-state index contributed by atoms with van der Waals surface area (Å²) in [6, 6.07) is 5.89. The van der Waals surface area contributed by atoms with Gasteiger partial charge in [0.15, 0.2) is 9.84 Å². The fourth-order valence-electron chi connectivity index (χ4n) is 2.50.